The second kappa shape index (κ2) is 2.53. The van der Waals surface area contributed by atoms with Gasteiger partial charge in [0, 0.05) is 0 Å². The summed E-state index contributed by atoms with van der Waals surface area (Å²) in [6, 6.07) is 0. The van der Waals surface area contributed by atoms with E-state index in [0.717, 1.165) is 35.0 Å². The maximum absolute atomic E-state index is 4.75. The molecule has 0 aliphatic heterocycles. The number of hydrogen-bond donors (Lipinski definition) is 1. The van der Waals surface area contributed by atoms with Crippen LogP contribution in [0.5, 0.6) is 0 Å². The van der Waals surface area contributed by atoms with Crippen LogP contribution >= 0.6 is 12.6 Å². The molecule has 0 saturated heterocycles. The van der Waals surface area contributed by atoms with E-state index < -0.39 is 0 Å². The lowest BCUT2D eigenvalue weighted by Gasteiger charge is -2.46. The molecule has 4 rings (SSSR count). The lowest BCUT2D eigenvalue weighted by atomic mass is 9.60. The lowest BCUT2D eigenvalue weighted by molar-refractivity contribution is 0.0445. The van der Waals surface area contributed by atoms with Crippen LogP contribution in [-0.4, -0.2) is 5.75 Å². The lowest BCUT2D eigenvalue weighted by Crippen LogP contribution is -2.42. The van der Waals surface area contributed by atoms with Crippen LogP contribution in [0.4, 0.5) is 0 Å². The molecule has 0 spiro atoms. The topological polar surface area (TPSA) is 0 Å². The fourth-order valence-corrected chi connectivity index (χ4v) is 6.89. The number of rotatable bonds is 1. The second-order valence-electron chi connectivity index (χ2n) is 6.34. The molecule has 0 amide bonds. The van der Waals surface area contributed by atoms with Gasteiger partial charge in [-0.05, 0) is 79.3 Å². The van der Waals surface area contributed by atoms with Crippen molar-refractivity contribution in [2.24, 2.45) is 35.0 Å². The Hall–Kier alpha value is 0.350. The summed E-state index contributed by atoms with van der Waals surface area (Å²) in [5, 5.41) is 0. The fraction of sp³-hybridized carbons (Fsp3) is 1.00. The van der Waals surface area contributed by atoms with Crippen molar-refractivity contribution < 1.29 is 0 Å². The summed E-state index contributed by atoms with van der Waals surface area (Å²) in [7, 11) is 0. The molecule has 0 aromatic carbocycles. The minimum Gasteiger partial charge on any atom is -0.179 e. The van der Waals surface area contributed by atoms with Crippen molar-refractivity contribution in [1.29, 1.82) is 0 Å². The van der Waals surface area contributed by atoms with E-state index >= 15 is 0 Å². The van der Waals surface area contributed by atoms with E-state index in [0.29, 0.717) is 0 Å². The summed E-state index contributed by atoms with van der Waals surface area (Å²) in [4.78, 5) is 0. The predicted octanol–water partition coefficient (Wildman–Crippen LogP) is 3.38. The summed E-state index contributed by atoms with van der Waals surface area (Å²) in [6.45, 7) is 0. The Balaban J connectivity index is 1.83. The summed E-state index contributed by atoms with van der Waals surface area (Å²) >= 11 is 4.75. The van der Waals surface area contributed by atoms with Crippen molar-refractivity contribution in [2.75, 3.05) is 5.75 Å². The minimum absolute atomic E-state index is 0.745. The van der Waals surface area contributed by atoms with Crippen LogP contribution in [0.15, 0.2) is 0 Å². The number of fused-ring (bicyclic) bond motifs is 9. The fourth-order valence-electron chi connectivity index (χ4n) is 6.17. The quantitative estimate of drug-likeness (QED) is 0.496. The van der Waals surface area contributed by atoms with Gasteiger partial charge >= 0.3 is 0 Å². The van der Waals surface area contributed by atoms with Crippen LogP contribution in [0, 0.1) is 35.0 Å². The first-order valence-electron chi connectivity index (χ1n) is 6.47. The molecule has 0 N–H and O–H groups in total. The standard InChI is InChI=1S/C13H20S/c14-7-13-10-3-1-8(5-10)12(13)9-2-4-11(13)6-9/h8-12,14H,1-7H2. The highest BCUT2D eigenvalue weighted by molar-refractivity contribution is 7.80. The average molecular weight is 208 g/mol. The molecule has 4 atom stereocenters. The molecule has 4 saturated carbocycles. The van der Waals surface area contributed by atoms with Gasteiger partial charge in [0.05, 0.1) is 0 Å². The summed E-state index contributed by atoms with van der Waals surface area (Å²) in [5.41, 5.74) is 0.745. The monoisotopic (exact) mass is 208 g/mol. The van der Waals surface area contributed by atoms with Crippen molar-refractivity contribution in [3.63, 3.8) is 0 Å². The Morgan fingerprint density at radius 1 is 0.929 bits per heavy atom. The summed E-state index contributed by atoms with van der Waals surface area (Å²) in [6.07, 6.45) is 9.38. The molecule has 0 aromatic rings. The van der Waals surface area contributed by atoms with Gasteiger partial charge in [0.2, 0.25) is 0 Å². The van der Waals surface area contributed by atoms with E-state index in [4.69, 9.17) is 12.6 Å². The van der Waals surface area contributed by atoms with Crippen molar-refractivity contribution in [1.82, 2.24) is 0 Å². The third-order valence-electron chi connectivity index (χ3n) is 6.38. The highest BCUT2D eigenvalue weighted by Crippen LogP contribution is 2.74. The van der Waals surface area contributed by atoms with Gasteiger partial charge in [-0.1, -0.05) is 0 Å². The van der Waals surface area contributed by atoms with Crippen LogP contribution < -0.4 is 0 Å². The SMILES string of the molecule is SCC12C3CCC(C3)C1C1CCC2C1. The number of hydrogen-bond acceptors (Lipinski definition) is 1. The molecule has 1 heteroatoms. The van der Waals surface area contributed by atoms with Gasteiger partial charge in [-0.2, -0.15) is 12.6 Å². The smallest absolute Gasteiger partial charge is 0.00330 e. The van der Waals surface area contributed by atoms with Gasteiger partial charge in [0.25, 0.3) is 0 Å². The predicted molar refractivity (Wildman–Crippen MR) is 61.4 cm³/mol. The minimum atomic E-state index is 0.745. The largest absolute Gasteiger partial charge is 0.179 e. The Labute approximate surface area is 92.3 Å². The molecular formula is C13H20S. The Bertz CT molecular complexity index is 250. The zero-order valence-electron chi connectivity index (χ0n) is 8.78. The van der Waals surface area contributed by atoms with Crippen molar-refractivity contribution >= 4 is 12.6 Å². The van der Waals surface area contributed by atoms with E-state index in [1.807, 2.05) is 0 Å². The maximum Gasteiger partial charge on any atom is -0.00330 e. The third-order valence-corrected chi connectivity index (χ3v) is 6.92. The average Bonchev–Trinajstić information content (AvgIpc) is 2.95. The zero-order valence-corrected chi connectivity index (χ0v) is 9.68. The molecule has 0 aromatic heterocycles. The van der Waals surface area contributed by atoms with E-state index in [1.54, 1.807) is 38.5 Å². The highest BCUT2D eigenvalue weighted by Gasteiger charge is 2.67. The molecule has 4 aliphatic carbocycles. The third kappa shape index (κ3) is 0.710. The first-order chi connectivity index (χ1) is 6.86. The van der Waals surface area contributed by atoms with E-state index in [2.05, 4.69) is 0 Å². The summed E-state index contributed by atoms with van der Waals surface area (Å²) < 4.78 is 0. The van der Waals surface area contributed by atoms with Gasteiger partial charge in [0.1, 0.15) is 0 Å². The zero-order chi connectivity index (χ0) is 9.34. The van der Waals surface area contributed by atoms with Crippen LogP contribution in [0.2, 0.25) is 0 Å². The Kier molecular flexibility index (Phi) is 1.54. The van der Waals surface area contributed by atoms with Gasteiger partial charge in [-0.15, -0.1) is 0 Å². The molecule has 4 unspecified atom stereocenters. The molecular weight excluding hydrogens is 188 g/mol. The van der Waals surface area contributed by atoms with E-state index in [-0.39, 0.29) is 0 Å². The normalized spacial score (nSPS) is 63.6. The van der Waals surface area contributed by atoms with Crippen molar-refractivity contribution in [3.05, 3.63) is 0 Å². The van der Waals surface area contributed by atoms with E-state index in [1.165, 1.54) is 5.75 Å². The Morgan fingerprint density at radius 3 is 1.93 bits per heavy atom. The number of thiol groups is 1. The molecule has 0 heterocycles. The molecule has 4 aliphatic rings. The molecule has 0 radical (unpaired) electrons. The summed E-state index contributed by atoms with van der Waals surface area (Å²) in [5.74, 6) is 6.76. The first-order valence-corrected chi connectivity index (χ1v) is 7.10. The van der Waals surface area contributed by atoms with Crippen LogP contribution in [-0.2, 0) is 0 Å². The maximum atomic E-state index is 4.75. The Morgan fingerprint density at radius 2 is 1.50 bits per heavy atom. The van der Waals surface area contributed by atoms with Crippen LogP contribution in [0.1, 0.15) is 38.5 Å². The second-order valence-corrected chi connectivity index (χ2v) is 6.65. The molecule has 4 bridgehead atoms. The van der Waals surface area contributed by atoms with Crippen molar-refractivity contribution in [2.45, 2.75) is 38.5 Å². The van der Waals surface area contributed by atoms with Gasteiger partial charge in [-0.25, -0.2) is 0 Å². The van der Waals surface area contributed by atoms with Gasteiger partial charge in [-0.3, -0.25) is 0 Å². The molecule has 78 valence electrons. The van der Waals surface area contributed by atoms with Crippen LogP contribution in [0.3, 0.4) is 0 Å². The first kappa shape index (κ1) is 8.50. The molecule has 0 nitrogen and oxygen atoms in total. The highest BCUT2D eigenvalue weighted by atomic mass is 32.1. The van der Waals surface area contributed by atoms with Crippen molar-refractivity contribution in [3.8, 4) is 0 Å². The van der Waals surface area contributed by atoms with Crippen LogP contribution in [0.25, 0.3) is 0 Å². The van der Waals surface area contributed by atoms with Gasteiger partial charge < -0.3 is 0 Å². The van der Waals surface area contributed by atoms with Gasteiger partial charge in [0.15, 0.2) is 0 Å². The molecule has 4 fully saturated rings. The molecule has 14 heavy (non-hydrogen) atoms. The van der Waals surface area contributed by atoms with E-state index in [9.17, 15) is 0 Å².